The Bertz CT molecular complexity index is 762. The number of carbonyl (C=O) groups excluding carboxylic acids is 1. The number of ether oxygens (including phenoxy) is 2. The quantitative estimate of drug-likeness (QED) is 0.823. The van der Waals surface area contributed by atoms with Gasteiger partial charge in [0.25, 0.3) is 0 Å². The number of amides is 1. The molecular formula is C20H23NO3S. The fourth-order valence-corrected chi connectivity index (χ4v) is 4.12. The van der Waals surface area contributed by atoms with Crippen molar-refractivity contribution in [3.8, 4) is 11.5 Å². The second-order valence-corrected chi connectivity index (χ2v) is 7.58. The third kappa shape index (κ3) is 3.93. The Morgan fingerprint density at radius 2 is 1.92 bits per heavy atom. The van der Waals surface area contributed by atoms with Crippen molar-refractivity contribution >= 4 is 23.4 Å². The Hall–Kier alpha value is -2.14. The Kier molecular flexibility index (Phi) is 5.53. The van der Waals surface area contributed by atoms with Crippen LogP contribution in [0.2, 0.25) is 0 Å². The number of fused-ring (bicyclic) bond motifs is 1. The lowest BCUT2D eigenvalue weighted by Gasteiger charge is -2.22. The zero-order valence-corrected chi connectivity index (χ0v) is 15.6. The summed E-state index contributed by atoms with van der Waals surface area (Å²) in [6, 6.07) is 13.8. The third-order valence-electron chi connectivity index (χ3n) is 4.35. The first-order valence-electron chi connectivity index (χ1n) is 8.39. The van der Waals surface area contributed by atoms with Crippen LogP contribution in [0.15, 0.2) is 47.4 Å². The summed E-state index contributed by atoms with van der Waals surface area (Å²) < 4.78 is 10.6. The lowest BCUT2D eigenvalue weighted by molar-refractivity contribution is -0.118. The van der Waals surface area contributed by atoms with E-state index in [1.165, 1.54) is 4.90 Å². The predicted molar refractivity (Wildman–Crippen MR) is 102 cm³/mol. The molecule has 25 heavy (non-hydrogen) atoms. The minimum atomic E-state index is 0.106. The van der Waals surface area contributed by atoms with Crippen molar-refractivity contribution in [3.05, 3.63) is 48.0 Å². The van der Waals surface area contributed by atoms with Gasteiger partial charge in [-0.15, -0.1) is 11.8 Å². The van der Waals surface area contributed by atoms with E-state index in [1.54, 1.807) is 14.2 Å². The van der Waals surface area contributed by atoms with E-state index in [0.717, 1.165) is 24.2 Å². The van der Waals surface area contributed by atoms with Crippen molar-refractivity contribution in [2.45, 2.75) is 29.9 Å². The smallest absolute Gasteiger partial charge is 0.231 e. The number of benzene rings is 2. The molecule has 2 aromatic rings. The summed E-state index contributed by atoms with van der Waals surface area (Å²) in [5.41, 5.74) is 1.94. The first kappa shape index (κ1) is 17.7. The maximum Gasteiger partial charge on any atom is 0.231 e. The second-order valence-electron chi connectivity index (χ2n) is 6.10. The van der Waals surface area contributed by atoms with Gasteiger partial charge in [-0.05, 0) is 36.2 Å². The van der Waals surface area contributed by atoms with E-state index in [4.69, 9.17) is 9.47 Å². The van der Waals surface area contributed by atoms with Gasteiger partial charge in [-0.1, -0.05) is 25.1 Å². The van der Waals surface area contributed by atoms with Crippen LogP contribution in [0.1, 0.15) is 18.9 Å². The number of nitrogens with zero attached hydrogens (tertiary/aromatic N) is 1. The number of carbonyl (C=O) groups is 1. The fourth-order valence-electron chi connectivity index (χ4n) is 3.01. The highest BCUT2D eigenvalue weighted by molar-refractivity contribution is 8.00. The Labute approximate surface area is 153 Å². The molecule has 4 nitrogen and oxygen atoms in total. The van der Waals surface area contributed by atoms with Crippen LogP contribution in [-0.2, 0) is 11.2 Å². The molecule has 1 amide bonds. The Morgan fingerprint density at radius 3 is 2.68 bits per heavy atom. The highest BCUT2D eigenvalue weighted by Gasteiger charge is 2.24. The second kappa shape index (κ2) is 7.83. The van der Waals surface area contributed by atoms with Gasteiger partial charge < -0.3 is 14.4 Å². The van der Waals surface area contributed by atoms with Gasteiger partial charge in [-0.3, -0.25) is 4.79 Å². The number of thioether (sulfide) groups is 1. The lowest BCUT2D eigenvalue weighted by Crippen LogP contribution is -2.33. The minimum absolute atomic E-state index is 0.106. The standard InChI is InChI=1S/C20H23NO3S/c1-14-10-11-21(16-6-4-5-7-19(16)25-14)20(22)13-15-8-9-17(23-2)18(12-15)24-3/h4-9,12,14H,10-11,13H2,1-3H3/t14-/m0/s1. The van der Waals surface area contributed by atoms with Gasteiger partial charge in [0, 0.05) is 16.7 Å². The molecule has 5 heteroatoms. The molecule has 0 radical (unpaired) electrons. The first-order valence-corrected chi connectivity index (χ1v) is 9.27. The number of methoxy groups -OCH3 is 2. The van der Waals surface area contributed by atoms with Gasteiger partial charge in [0.05, 0.1) is 26.3 Å². The summed E-state index contributed by atoms with van der Waals surface area (Å²) >= 11 is 1.84. The molecule has 0 unspecified atom stereocenters. The van der Waals surface area contributed by atoms with E-state index in [0.29, 0.717) is 23.2 Å². The van der Waals surface area contributed by atoms with Crippen LogP contribution in [0, 0.1) is 0 Å². The van der Waals surface area contributed by atoms with Crippen molar-refractivity contribution < 1.29 is 14.3 Å². The molecule has 1 aliphatic heterocycles. The molecule has 0 bridgehead atoms. The number of rotatable bonds is 4. The van der Waals surface area contributed by atoms with Crippen LogP contribution in [0.4, 0.5) is 5.69 Å². The minimum Gasteiger partial charge on any atom is -0.493 e. The summed E-state index contributed by atoms with van der Waals surface area (Å²) in [6.45, 7) is 2.96. The monoisotopic (exact) mass is 357 g/mol. The van der Waals surface area contributed by atoms with Crippen LogP contribution in [0.3, 0.4) is 0 Å². The van der Waals surface area contributed by atoms with Crippen LogP contribution in [0.25, 0.3) is 0 Å². The molecule has 0 fully saturated rings. The van der Waals surface area contributed by atoms with Gasteiger partial charge in [-0.2, -0.15) is 0 Å². The molecule has 0 aromatic heterocycles. The van der Waals surface area contributed by atoms with E-state index >= 15 is 0 Å². The highest BCUT2D eigenvalue weighted by Crippen LogP contribution is 2.37. The van der Waals surface area contributed by atoms with Crippen molar-refractivity contribution in [1.82, 2.24) is 0 Å². The van der Waals surface area contributed by atoms with Crippen LogP contribution < -0.4 is 14.4 Å². The highest BCUT2D eigenvalue weighted by atomic mass is 32.2. The average molecular weight is 357 g/mol. The molecule has 1 heterocycles. The molecule has 1 aliphatic rings. The van der Waals surface area contributed by atoms with Crippen molar-refractivity contribution in [2.75, 3.05) is 25.7 Å². The number of hydrogen-bond donors (Lipinski definition) is 0. The van der Waals surface area contributed by atoms with Gasteiger partial charge in [0.1, 0.15) is 0 Å². The zero-order chi connectivity index (χ0) is 17.8. The molecule has 1 atom stereocenters. The SMILES string of the molecule is COc1ccc(CC(=O)N2CC[C@H](C)Sc3ccccc32)cc1OC. The van der Waals surface area contributed by atoms with Gasteiger partial charge in [0.15, 0.2) is 11.5 Å². The lowest BCUT2D eigenvalue weighted by atomic mass is 10.1. The molecule has 0 saturated carbocycles. The summed E-state index contributed by atoms with van der Waals surface area (Å²) in [5, 5.41) is 0.500. The maximum atomic E-state index is 13.0. The third-order valence-corrected chi connectivity index (χ3v) is 5.59. The van der Waals surface area contributed by atoms with Crippen molar-refractivity contribution in [2.24, 2.45) is 0 Å². The van der Waals surface area contributed by atoms with Crippen LogP contribution in [-0.4, -0.2) is 31.9 Å². The van der Waals surface area contributed by atoms with Gasteiger partial charge in [0.2, 0.25) is 5.91 Å². The maximum absolute atomic E-state index is 13.0. The summed E-state index contributed by atoms with van der Waals surface area (Å²) in [4.78, 5) is 16.1. The van der Waals surface area contributed by atoms with E-state index in [9.17, 15) is 4.79 Å². The largest absolute Gasteiger partial charge is 0.493 e. The summed E-state index contributed by atoms with van der Waals surface area (Å²) in [5.74, 6) is 1.42. The average Bonchev–Trinajstić information content (AvgIpc) is 2.79. The van der Waals surface area contributed by atoms with Gasteiger partial charge >= 0.3 is 0 Å². The fraction of sp³-hybridized carbons (Fsp3) is 0.350. The molecule has 0 saturated heterocycles. The zero-order valence-electron chi connectivity index (χ0n) is 14.8. The van der Waals surface area contributed by atoms with Crippen LogP contribution >= 0.6 is 11.8 Å². The van der Waals surface area contributed by atoms with E-state index in [1.807, 2.05) is 53.1 Å². The van der Waals surface area contributed by atoms with Crippen molar-refractivity contribution in [3.63, 3.8) is 0 Å². The Balaban J connectivity index is 1.84. The number of anilines is 1. The summed E-state index contributed by atoms with van der Waals surface area (Å²) in [6.07, 6.45) is 1.32. The van der Waals surface area contributed by atoms with Crippen LogP contribution in [0.5, 0.6) is 11.5 Å². The molecule has 0 N–H and O–H groups in total. The molecule has 0 aliphatic carbocycles. The normalized spacial score (nSPS) is 16.8. The van der Waals surface area contributed by atoms with E-state index < -0.39 is 0 Å². The number of hydrogen-bond acceptors (Lipinski definition) is 4. The predicted octanol–water partition coefficient (Wildman–Crippen LogP) is 4.16. The van der Waals surface area contributed by atoms with Crippen molar-refractivity contribution in [1.29, 1.82) is 0 Å². The topological polar surface area (TPSA) is 38.8 Å². The molecule has 0 spiro atoms. The molecule has 3 rings (SSSR count). The first-order chi connectivity index (χ1) is 12.1. The molecular weight excluding hydrogens is 334 g/mol. The molecule has 132 valence electrons. The summed E-state index contributed by atoms with van der Waals surface area (Å²) in [7, 11) is 3.21. The molecule has 2 aromatic carbocycles. The number of para-hydroxylation sites is 1. The van der Waals surface area contributed by atoms with E-state index in [2.05, 4.69) is 13.0 Å². The Morgan fingerprint density at radius 1 is 1.16 bits per heavy atom. The van der Waals surface area contributed by atoms with E-state index in [-0.39, 0.29) is 5.91 Å². The van der Waals surface area contributed by atoms with Gasteiger partial charge in [-0.25, -0.2) is 0 Å².